The van der Waals surface area contributed by atoms with Crippen LogP contribution in [0, 0.1) is 20.8 Å². The van der Waals surface area contributed by atoms with E-state index in [1.807, 2.05) is 52.0 Å². The Morgan fingerprint density at radius 1 is 0.977 bits per heavy atom. The summed E-state index contributed by atoms with van der Waals surface area (Å²) in [4.78, 5) is 43.2. The summed E-state index contributed by atoms with van der Waals surface area (Å²) in [6.45, 7) is 13.1. The van der Waals surface area contributed by atoms with Crippen molar-refractivity contribution in [2.75, 3.05) is 11.9 Å². The number of aromatic hydroxyl groups is 1. The van der Waals surface area contributed by atoms with Gasteiger partial charge in [0.1, 0.15) is 23.4 Å². The predicted octanol–water partition coefficient (Wildman–Crippen LogP) is 7.03. The Hall–Kier alpha value is -4.04. The Kier molecular flexibility index (Phi) is 11.2. The average Bonchev–Trinajstić information content (AvgIpc) is 2.92. The summed E-state index contributed by atoms with van der Waals surface area (Å²) in [6, 6.07) is 15.5. The molecule has 0 saturated carbocycles. The number of carbonyl (C=O) groups excluding carboxylic acids is 3. The number of hydrogen-bond donors (Lipinski definition) is 3. The molecular formula is C34H42ClN3O5. The van der Waals surface area contributed by atoms with Crippen LogP contribution >= 0.6 is 11.6 Å². The number of phenols is 1. The summed E-state index contributed by atoms with van der Waals surface area (Å²) in [7, 11) is 0. The van der Waals surface area contributed by atoms with Crippen molar-refractivity contribution in [3.05, 3.63) is 93.5 Å². The maximum absolute atomic E-state index is 14.5. The predicted molar refractivity (Wildman–Crippen MR) is 170 cm³/mol. The maximum atomic E-state index is 14.5. The van der Waals surface area contributed by atoms with Crippen molar-refractivity contribution in [1.29, 1.82) is 0 Å². The summed E-state index contributed by atoms with van der Waals surface area (Å²) in [6.07, 6.45) is -0.0757. The van der Waals surface area contributed by atoms with Gasteiger partial charge < -0.3 is 25.4 Å². The van der Waals surface area contributed by atoms with Gasteiger partial charge in [0.2, 0.25) is 5.91 Å². The van der Waals surface area contributed by atoms with Crippen LogP contribution in [0.15, 0.2) is 60.7 Å². The second-order valence-corrected chi connectivity index (χ2v) is 12.2. The van der Waals surface area contributed by atoms with Crippen LogP contribution in [0.2, 0.25) is 5.02 Å². The zero-order chi connectivity index (χ0) is 31.9. The third-order valence-corrected chi connectivity index (χ3v) is 7.19. The minimum absolute atomic E-state index is 0.0841. The summed E-state index contributed by atoms with van der Waals surface area (Å²) in [5, 5.41) is 15.9. The lowest BCUT2D eigenvalue weighted by atomic mass is 9.95. The van der Waals surface area contributed by atoms with Crippen LogP contribution in [0.25, 0.3) is 0 Å². The molecule has 0 aliphatic carbocycles. The molecule has 3 aromatic rings. The Morgan fingerprint density at radius 2 is 1.65 bits per heavy atom. The number of alkyl carbamates (subject to hydrolysis) is 1. The normalized spacial score (nSPS) is 12.7. The van der Waals surface area contributed by atoms with E-state index in [9.17, 15) is 19.5 Å². The molecule has 9 heteroatoms. The molecule has 0 saturated heterocycles. The number of ether oxygens (including phenoxy) is 1. The second kappa shape index (κ2) is 14.4. The number of benzene rings is 3. The fourth-order valence-corrected chi connectivity index (χ4v) is 5.08. The molecule has 3 amide bonds. The number of rotatable bonds is 10. The number of halogens is 1. The molecule has 2 atom stereocenters. The number of anilines is 1. The summed E-state index contributed by atoms with van der Waals surface area (Å²) in [5.74, 6) is -0.786. The molecule has 8 nitrogen and oxygen atoms in total. The third-order valence-electron chi connectivity index (χ3n) is 6.87. The monoisotopic (exact) mass is 607 g/mol. The number of amides is 3. The van der Waals surface area contributed by atoms with Crippen molar-refractivity contribution in [1.82, 2.24) is 10.2 Å². The largest absolute Gasteiger partial charge is 0.508 e. The third kappa shape index (κ3) is 9.22. The highest BCUT2D eigenvalue weighted by molar-refractivity contribution is 6.34. The molecule has 0 radical (unpaired) electrons. The van der Waals surface area contributed by atoms with Gasteiger partial charge in [-0.1, -0.05) is 66.6 Å². The van der Waals surface area contributed by atoms with Crippen LogP contribution in [0.3, 0.4) is 0 Å². The Bertz CT molecular complexity index is 1430. The molecule has 0 bridgehead atoms. The first-order valence-electron chi connectivity index (χ1n) is 14.4. The van der Waals surface area contributed by atoms with E-state index in [1.54, 1.807) is 45.0 Å². The number of hydrogen-bond acceptors (Lipinski definition) is 5. The van der Waals surface area contributed by atoms with Crippen molar-refractivity contribution >= 4 is 35.2 Å². The van der Waals surface area contributed by atoms with Crippen LogP contribution in [0.1, 0.15) is 68.0 Å². The maximum Gasteiger partial charge on any atom is 0.408 e. The van der Waals surface area contributed by atoms with E-state index in [4.69, 9.17) is 16.3 Å². The second-order valence-electron chi connectivity index (χ2n) is 11.8. The molecule has 230 valence electrons. The van der Waals surface area contributed by atoms with Gasteiger partial charge in [-0.05, 0) is 88.4 Å². The quantitative estimate of drug-likeness (QED) is 0.229. The van der Waals surface area contributed by atoms with Gasteiger partial charge in [-0.15, -0.1) is 0 Å². The highest BCUT2D eigenvalue weighted by Gasteiger charge is 2.37. The van der Waals surface area contributed by atoms with Gasteiger partial charge in [0, 0.05) is 13.0 Å². The molecule has 0 aliphatic rings. The molecule has 0 fully saturated rings. The first-order valence-corrected chi connectivity index (χ1v) is 14.8. The van der Waals surface area contributed by atoms with Gasteiger partial charge in [-0.25, -0.2) is 4.79 Å². The van der Waals surface area contributed by atoms with Crippen LogP contribution < -0.4 is 10.6 Å². The first-order chi connectivity index (χ1) is 20.2. The van der Waals surface area contributed by atoms with Crippen LogP contribution in [-0.2, 0) is 20.7 Å². The Balaban J connectivity index is 2.11. The SMILES string of the molecule is CCCN(C(=O)C(Cc1ccc(O)cc1)NC(=O)OC(C)(C)C)C(C(=O)Nc1c(C)cccc1Cl)c1cc(C)ccc1C. The van der Waals surface area contributed by atoms with Crippen molar-refractivity contribution < 1.29 is 24.2 Å². The molecule has 0 heterocycles. The van der Waals surface area contributed by atoms with E-state index in [0.29, 0.717) is 28.3 Å². The van der Waals surface area contributed by atoms with E-state index in [0.717, 1.165) is 16.7 Å². The summed E-state index contributed by atoms with van der Waals surface area (Å²) >= 11 is 6.47. The lowest BCUT2D eigenvalue weighted by molar-refractivity contribution is -0.140. The van der Waals surface area contributed by atoms with Crippen molar-refractivity contribution in [3.8, 4) is 5.75 Å². The molecule has 2 unspecified atom stereocenters. The minimum atomic E-state index is -1.06. The Morgan fingerprint density at radius 3 is 2.26 bits per heavy atom. The Labute approximate surface area is 259 Å². The van der Waals surface area contributed by atoms with Gasteiger partial charge in [-0.2, -0.15) is 0 Å². The van der Waals surface area contributed by atoms with Crippen LogP contribution in [-0.4, -0.2) is 46.1 Å². The number of carbonyl (C=O) groups is 3. The number of para-hydroxylation sites is 1. The van der Waals surface area contributed by atoms with Gasteiger partial charge in [0.15, 0.2) is 0 Å². The number of phenolic OH excluding ortho intramolecular Hbond substituents is 1. The van der Waals surface area contributed by atoms with Crippen molar-refractivity contribution in [2.45, 2.75) is 79.0 Å². The smallest absolute Gasteiger partial charge is 0.408 e. The molecule has 3 rings (SSSR count). The first kappa shape index (κ1) is 33.5. The van der Waals surface area contributed by atoms with Gasteiger partial charge in [0.05, 0.1) is 10.7 Å². The standard InChI is InChI=1S/C34H42ClN3O5/c1-8-18-38(32(41)28(36-33(42)43-34(5,6)7)20-24-14-16-25(39)17-15-24)30(26-19-21(2)12-13-22(26)3)31(40)37-29-23(4)10-9-11-27(29)35/h9-17,19,28,30,39H,8,18,20H2,1-7H3,(H,36,42)(H,37,40). The lowest BCUT2D eigenvalue weighted by Crippen LogP contribution is -2.53. The fraction of sp³-hybridized carbons (Fsp3) is 0.382. The van der Waals surface area contributed by atoms with E-state index in [2.05, 4.69) is 10.6 Å². The fourth-order valence-electron chi connectivity index (χ4n) is 4.81. The topological polar surface area (TPSA) is 108 Å². The zero-order valence-corrected chi connectivity index (χ0v) is 26.7. The minimum Gasteiger partial charge on any atom is -0.508 e. The molecule has 3 aromatic carbocycles. The highest BCUT2D eigenvalue weighted by Crippen LogP contribution is 2.31. The molecule has 0 aliphatic heterocycles. The lowest BCUT2D eigenvalue weighted by Gasteiger charge is -2.35. The number of nitrogens with one attached hydrogen (secondary N) is 2. The molecule has 43 heavy (non-hydrogen) atoms. The number of nitrogens with zero attached hydrogens (tertiary/aromatic N) is 1. The van der Waals surface area contributed by atoms with Crippen LogP contribution in [0.4, 0.5) is 10.5 Å². The summed E-state index contributed by atoms with van der Waals surface area (Å²) < 4.78 is 5.49. The summed E-state index contributed by atoms with van der Waals surface area (Å²) in [5.41, 5.74) is 3.63. The van der Waals surface area contributed by atoms with Gasteiger partial charge in [-0.3, -0.25) is 9.59 Å². The van der Waals surface area contributed by atoms with Gasteiger partial charge >= 0.3 is 6.09 Å². The van der Waals surface area contributed by atoms with Crippen molar-refractivity contribution in [3.63, 3.8) is 0 Å². The van der Waals surface area contributed by atoms with Gasteiger partial charge in [0.25, 0.3) is 5.91 Å². The molecule has 3 N–H and O–H groups in total. The average molecular weight is 608 g/mol. The molecule has 0 aromatic heterocycles. The number of aryl methyl sites for hydroxylation is 3. The molecular weight excluding hydrogens is 566 g/mol. The highest BCUT2D eigenvalue weighted by atomic mass is 35.5. The van der Waals surface area contributed by atoms with E-state index in [1.165, 1.54) is 17.0 Å². The van der Waals surface area contributed by atoms with E-state index >= 15 is 0 Å². The van der Waals surface area contributed by atoms with E-state index in [-0.39, 0.29) is 18.7 Å². The van der Waals surface area contributed by atoms with E-state index < -0.39 is 35.6 Å². The zero-order valence-electron chi connectivity index (χ0n) is 26.0. The van der Waals surface area contributed by atoms with Crippen LogP contribution in [0.5, 0.6) is 5.75 Å². The molecule has 0 spiro atoms. The van der Waals surface area contributed by atoms with Crippen molar-refractivity contribution in [2.24, 2.45) is 0 Å².